The summed E-state index contributed by atoms with van der Waals surface area (Å²) in [7, 11) is 0. The van der Waals surface area contributed by atoms with E-state index in [1.807, 2.05) is 50.2 Å². The van der Waals surface area contributed by atoms with Gasteiger partial charge >= 0.3 is 0 Å². The van der Waals surface area contributed by atoms with Crippen LogP contribution in [-0.4, -0.2) is 18.4 Å². The van der Waals surface area contributed by atoms with Gasteiger partial charge in [0.2, 0.25) is 0 Å². The lowest BCUT2D eigenvalue weighted by molar-refractivity contribution is -0.123. The lowest BCUT2D eigenvalue weighted by Gasteiger charge is -2.16. The molecule has 1 atom stereocenters. The van der Waals surface area contributed by atoms with Gasteiger partial charge in [0, 0.05) is 10.7 Å². The lowest BCUT2D eigenvalue weighted by atomic mass is 10.1. The first-order valence-corrected chi connectivity index (χ1v) is 9.95. The number of carbonyl (C=O) groups is 2. The van der Waals surface area contributed by atoms with Crippen LogP contribution in [0.3, 0.4) is 0 Å². The molecule has 0 spiro atoms. The van der Waals surface area contributed by atoms with Gasteiger partial charge in [-0.05, 0) is 49.2 Å². The van der Waals surface area contributed by atoms with Gasteiger partial charge < -0.3 is 15.4 Å². The fraction of sp³-hybridized carbons (Fsp3) is 0.167. The molecule has 0 aromatic heterocycles. The first-order chi connectivity index (χ1) is 14.4. The van der Waals surface area contributed by atoms with Crippen molar-refractivity contribution >= 4 is 29.1 Å². The molecule has 154 valence electrons. The van der Waals surface area contributed by atoms with Crippen molar-refractivity contribution in [3.05, 3.63) is 94.5 Å². The molecule has 2 N–H and O–H groups in total. The highest BCUT2D eigenvalue weighted by atomic mass is 35.5. The van der Waals surface area contributed by atoms with Crippen LogP contribution in [0.5, 0.6) is 5.75 Å². The highest BCUT2D eigenvalue weighted by Gasteiger charge is 2.15. The molecule has 0 saturated heterocycles. The van der Waals surface area contributed by atoms with Crippen molar-refractivity contribution in [2.24, 2.45) is 0 Å². The summed E-state index contributed by atoms with van der Waals surface area (Å²) < 4.78 is 5.64. The van der Waals surface area contributed by atoms with Gasteiger partial charge in [0.25, 0.3) is 11.8 Å². The largest absolute Gasteiger partial charge is 0.483 e. The van der Waals surface area contributed by atoms with Gasteiger partial charge in [0.1, 0.15) is 5.75 Å². The van der Waals surface area contributed by atoms with E-state index in [0.717, 1.165) is 11.1 Å². The number of para-hydroxylation sites is 1. The highest BCUT2D eigenvalue weighted by molar-refractivity contribution is 6.31. The molecule has 0 aliphatic carbocycles. The summed E-state index contributed by atoms with van der Waals surface area (Å²) in [5.74, 6) is -0.286. The van der Waals surface area contributed by atoms with E-state index in [4.69, 9.17) is 16.3 Å². The Kier molecular flexibility index (Phi) is 7.09. The van der Waals surface area contributed by atoms with Crippen molar-refractivity contribution < 1.29 is 14.3 Å². The van der Waals surface area contributed by atoms with E-state index in [2.05, 4.69) is 10.6 Å². The third-order valence-corrected chi connectivity index (χ3v) is 5.00. The average molecular weight is 423 g/mol. The van der Waals surface area contributed by atoms with Crippen LogP contribution in [-0.2, 0) is 4.79 Å². The molecule has 3 rings (SSSR count). The van der Waals surface area contributed by atoms with Crippen molar-refractivity contribution in [1.82, 2.24) is 5.32 Å². The summed E-state index contributed by atoms with van der Waals surface area (Å²) in [6, 6.07) is 21.6. The fourth-order valence-electron chi connectivity index (χ4n) is 2.90. The van der Waals surface area contributed by atoms with Gasteiger partial charge in [0.05, 0.1) is 11.6 Å². The Morgan fingerprint density at radius 2 is 1.70 bits per heavy atom. The maximum Gasteiger partial charge on any atom is 0.259 e. The molecule has 0 aliphatic heterocycles. The second-order valence-electron chi connectivity index (χ2n) is 6.90. The number of aryl methyl sites for hydroxylation is 1. The molecule has 0 fully saturated rings. The van der Waals surface area contributed by atoms with Crippen LogP contribution in [0.1, 0.15) is 34.5 Å². The Labute approximate surface area is 181 Å². The van der Waals surface area contributed by atoms with Crippen LogP contribution in [0.4, 0.5) is 5.69 Å². The SMILES string of the molecule is Cc1ccc(NC(=O)c2ccccc2OCC(=O)NC(C)c2ccccc2)cc1Cl. The molecule has 0 aliphatic rings. The van der Waals surface area contributed by atoms with E-state index < -0.39 is 0 Å². The van der Waals surface area contributed by atoms with Crippen LogP contribution in [0.2, 0.25) is 5.02 Å². The fourth-order valence-corrected chi connectivity index (χ4v) is 3.08. The van der Waals surface area contributed by atoms with E-state index >= 15 is 0 Å². The van der Waals surface area contributed by atoms with E-state index in [-0.39, 0.29) is 24.5 Å². The molecule has 6 heteroatoms. The van der Waals surface area contributed by atoms with E-state index in [1.54, 1.807) is 36.4 Å². The normalized spacial score (nSPS) is 11.4. The summed E-state index contributed by atoms with van der Waals surface area (Å²) in [6.07, 6.45) is 0. The Bertz CT molecular complexity index is 1040. The Morgan fingerprint density at radius 1 is 1.00 bits per heavy atom. The average Bonchev–Trinajstić information content (AvgIpc) is 2.75. The minimum atomic E-state index is -0.344. The molecule has 2 amide bonds. The quantitative estimate of drug-likeness (QED) is 0.552. The predicted octanol–water partition coefficient (Wildman–Crippen LogP) is 5.16. The van der Waals surface area contributed by atoms with Gasteiger partial charge in [-0.3, -0.25) is 9.59 Å². The van der Waals surface area contributed by atoms with Crippen molar-refractivity contribution in [3.63, 3.8) is 0 Å². The third kappa shape index (κ3) is 5.61. The predicted molar refractivity (Wildman–Crippen MR) is 119 cm³/mol. The van der Waals surface area contributed by atoms with Gasteiger partial charge in [-0.25, -0.2) is 0 Å². The Morgan fingerprint density at radius 3 is 2.43 bits per heavy atom. The molecular weight excluding hydrogens is 400 g/mol. The van der Waals surface area contributed by atoms with Crippen LogP contribution < -0.4 is 15.4 Å². The molecule has 0 bridgehead atoms. The van der Waals surface area contributed by atoms with Crippen LogP contribution in [0, 0.1) is 6.92 Å². The number of carbonyl (C=O) groups excluding carboxylic acids is 2. The molecular formula is C24H23ClN2O3. The highest BCUT2D eigenvalue weighted by Crippen LogP contribution is 2.23. The number of halogens is 1. The van der Waals surface area contributed by atoms with E-state index in [1.165, 1.54) is 0 Å². The first kappa shape index (κ1) is 21.4. The summed E-state index contributed by atoms with van der Waals surface area (Å²) >= 11 is 6.12. The van der Waals surface area contributed by atoms with Crippen molar-refractivity contribution in [2.45, 2.75) is 19.9 Å². The first-order valence-electron chi connectivity index (χ1n) is 9.57. The van der Waals surface area contributed by atoms with Crippen molar-refractivity contribution in [3.8, 4) is 5.75 Å². The summed E-state index contributed by atoms with van der Waals surface area (Å²) in [5.41, 5.74) is 2.84. The van der Waals surface area contributed by atoms with Gasteiger partial charge in [-0.1, -0.05) is 60.1 Å². The number of anilines is 1. The number of hydrogen-bond donors (Lipinski definition) is 2. The molecule has 3 aromatic rings. The summed E-state index contributed by atoms with van der Waals surface area (Å²) in [4.78, 5) is 25.0. The zero-order valence-electron chi connectivity index (χ0n) is 16.8. The standard InChI is InChI=1S/C24H23ClN2O3/c1-16-12-13-19(14-21(16)25)27-24(29)20-10-6-7-11-22(20)30-15-23(28)26-17(2)18-8-4-3-5-9-18/h3-14,17H,15H2,1-2H3,(H,26,28)(H,27,29). The van der Waals surface area contributed by atoms with Gasteiger partial charge in [-0.15, -0.1) is 0 Å². The molecule has 30 heavy (non-hydrogen) atoms. The minimum absolute atomic E-state index is 0.146. The smallest absolute Gasteiger partial charge is 0.259 e. The number of rotatable bonds is 7. The van der Waals surface area contributed by atoms with Gasteiger partial charge in [0.15, 0.2) is 6.61 Å². The van der Waals surface area contributed by atoms with E-state index in [0.29, 0.717) is 22.0 Å². The molecule has 0 radical (unpaired) electrons. The Hall–Kier alpha value is -3.31. The summed E-state index contributed by atoms with van der Waals surface area (Å²) in [6.45, 7) is 3.60. The summed E-state index contributed by atoms with van der Waals surface area (Å²) in [5, 5.41) is 6.26. The molecule has 3 aromatic carbocycles. The van der Waals surface area contributed by atoms with Crippen LogP contribution >= 0.6 is 11.6 Å². The maximum atomic E-state index is 12.7. The second kappa shape index (κ2) is 9.94. The number of ether oxygens (including phenoxy) is 1. The topological polar surface area (TPSA) is 67.4 Å². The van der Waals surface area contributed by atoms with Crippen molar-refractivity contribution in [2.75, 3.05) is 11.9 Å². The van der Waals surface area contributed by atoms with Crippen LogP contribution in [0.25, 0.3) is 0 Å². The number of benzene rings is 3. The molecule has 0 saturated carbocycles. The minimum Gasteiger partial charge on any atom is -0.483 e. The number of amides is 2. The lowest BCUT2D eigenvalue weighted by Crippen LogP contribution is -2.31. The van der Waals surface area contributed by atoms with Crippen LogP contribution in [0.15, 0.2) is 72.8 Å². The maximum absolute atomic E-state index is 12.7. The Balaban J connectivity index is 1.62. The third-order valence-electron chi connectivity index (χ3n) is 4.60. The zero-order valence-corrected chi connectivity index (χ0v) is 17.6. The number of nitrogens with one attached hydrogen (secondary N) is 2. The molecule has 0 heterocycles. The van der Waals surface area contributed by atoms with E-state index in [9.17, 15) is 9.59 Å². The second-order valence-corrected chi connectivity index (χ2v) is 7.31. The molecule has 1 unspecified atom stereocenters. The zero-order chi connectivity index (χ0) is 21.5. The molecule has 5 nitrogen and oxygen atoms in total. The van der Waals surface area contributed by atoms with Gasteiger partial charge in [-0.2, -0.15) is 0 Å². The van der Waals surface area contributed by atoms with Crippen molar-refractivity contribution in [1.29, 1.82) is 0 Å². The monoisotopic (exact) mass is 422 g/mol. The number of hydrogen-bond acceptors (Lipinski definition) is 3.